The van der Waals surface area contributed by atoms with E-state index in [0.29, 0.717) is 16.9 Å². The molecule has 0 fully saturated rings. The summed E-state index contributed by atoms with van der Waals surface area (Å²) < 4.78 is 4.88. The monoisotopic (exact) mass is 192 g/mol. The van der Waals surface area contributed by atoms with Crippen LogP contribution in [-0.4, -0.2) is 17.2 Å². The molecule has 0 aliphatic carbocycles. The van der Waals surface area contributed by atoms with Gasteiger partial charge in [0, 0.05) is 5.56 Å². The van der Waals surface area contributed by atoms with Crippen LogP contribution in [0.3, 0.4) is 0 Å². The summed E-state index contributed by atoms with van der Waals surface area (Å²) in [4.78, 5) is 0. The summed E-state index contributed by atoms with van der Waals surface area (Å²) in [5.41, 5.74) is 2.49. The van der Waals surface area contributed by atoms with Gasteiger partial charge in [-0.3, -0.25) is 0 Å². The maximum Gasteiger partial charge on any atom is 0.493 e. The van der Waals surface area contributed by atoms with Gasteiger partial charge in [-0.1, -0.05) is 32.0 Å². The summed E-state index contributed by atoms with van der Waals surface area (Å²) in [5, 5.41) is 18.9. The normalized spacial score (nSPS) is 20.4. The van der Waals surface area contributed by atoms with Crippen LogP contribution in [0.1, 0.15) is 37.2 Å². The largest absolute Gasteiger partial charge is 0.493 e. The van der Waals surface area contributed by atoms with Gasteiger partial charge in [0.05, 0.1) is 0 Å². The smallest absolute Gasteiger partial charge is 0.423 e. The second kappa shape index (κ2) is 3.39. The highest BCUT2D eigenvalue weighted by molar-refractivity contribution is 6.61. The number of rotatable bonds is 1. The van der Waals surface area contributed by atoms with E-state index in [0.717, 1.165) is 5.56 Å². The van der Waals surface area contributed by atoms with Gasteiger partial charge in [-0.2, -0.15) is 0 Å². The van der Waals surface area contributed by atoms with Crippen LogP contribution in [0.2, 0.25) is 0 Å². The van der Waals surface area contributed by atoms with Crippen molar-refractivity contribution >= 4 is 12.6 Å². The fraction of sp³-hybridized carbons (Fsp3) is 0.400. The maximum absolute atomic E-state index is 9.48. The highest BCUT2D eigenvalue weighted by Crippen LogP contribution is 2.24. The lowest BCUT2D eigenvalue weighted by molar-refractivity contribution is -0.0219. The Morgan fingerprint density at radius 1 is 1.43 bits per heavy atom. The van der Waals surface area contributed by atoms with Crippen LogP contribution in [0.15, 0.2) is 18.2 Å². The minimum Gasteiger partial charge on any atom is -0.423 e. The van der Waals surface area contributed by atoms with Crippen molar-refractivity contribution in [1.82, 2.24) is 0 Å². The topological polar surface area (TPSA) is 49.7 Å². The molecule has 0 saturated carbocycles. The van der Waals surface area contributed by atoms with Crippen LogP contribution in [0.4, 0.5) is 0 Å². The van der Waals surface area contributed by atoms with Gasteiger partial charge in [-0.15, -0.1) is 0 Å². The molecule has 1 aliphatic heterocycles. The first-order valence-corrected chi connectivity index (χ1v) is 4.75. The van der Waals surface area contributed by atoms with E-state index in [1.54, 1.807) is 0 Å². The third kappa shape index (κ3) is 1.45. The van der Waals surface area contributed by atoms with E-state index >= 15 is 0 Å². The average Bonchev–Trinajstić information content (AvgIpc) is 2.42. The third-order valence-electron chi connectivity index (χ3n) is 2.57. The Morgan fingerprint density at radius 3 is 2.79 bits per heavy atom. The molecule has 14 heavy (non-hydrogen) atoms. The average molecular weight is 192 g/mol. The van der Waals surface area contributed by atoms with E-state index in [4.69, 9.17) is 4.65 Å². The van der Waals surface area contributed by atoms with Gasteiger partial charge in [0.15, 0.2) is 6.29 Å². The van der Waals surface area contributed by atoms with Gasteiger partial charge in [-0.05, 0) is 16.9 Å². The summed E-state index contributed by atoms with van der Waals surface area (Å²) >= 11 is 0. The number of hydrogen-bond donors (Lipinski definition) is 2. The lowest BCUT2D eigenvalue weighted by Crippen LogP contribution is -2.27. The molecule has 0 saturated heterocycles. The van der Waals surface area contributed by atoms with Gasteiger partial charge in [0.25, 0.3) is 0 Å². The summed E-state index contributed by atoms with van der Waals surface area (Å²) in [6, 6.07) is 5.65. The van der Waals surface area contributed by atoms with E-state index in [-0.39, 0.29) is 0 Å². The molecule has 0 radical (unpaired) electrons. The Labute approximate surface area is 83.5 Å². The van der Waals surface area contributed by atoms with Crippen molar-refractivity contribution in [1.29, 1.82) is 0 Å². The summed E-state index contributed by atoms with van der Waals surface area (Å²) in [6.45, 7) is 4.17. The number of benzene rings is 1. The molecule has 1 heterocycles. The van der Waals surface area contributed by atoms with Gasteiger partial charge in [0.2, 0.25) is 0 Å². The van der Waals surface area contributed by atoms with Crippen LogP contribution in [0, 0.1) is 0 Å². The van der Waals surface area contributed by atoms with Crippen molar-refractivity contribution in [3.05, 3.63) is 29.3 Å². The number of aliphatic hydroxyl groups is 1. The van der Waals surface area contributed by atoms with Gasteiger partial charge >= 0.3 is 7.12 Å². The summed E-state index contributed by atoms with van der Waals surface area (Å²) in [5.74, 6) is 0.408. The second-order valence-corrected chi connectivity index (χ2v) is 3.88. The number of aliphatic hydroxyl groups excluding tert-OH is 1. The lowest BCUT2D eigenvalue weighted by atomic mass is 9.78. The van der Waals surface area contributed by atoms with E-state index in [9.17, 15) is 10.1 Å². The number of fused-ring (bicyclic) bond motifs is 1. The number of hydrogen-bond acceptors (Lipinski definition) is 3. The van der Waals surface area contributed by atoms with Crippen molar-refractivity contribution in [2.24, 2.45) is 0 Å². The van der Waals surface area contributed by atoms with E-state index < -0.39 is 13.4 Å². The Hall–Kier alpha value is -0.835. The highest BCUT2D eigenvalue weighted by atomic mass is 16.6. The lowest BCUT2D eigenvalue weighted by Gasteiger charge is -2.08. The van der Waals surface area contributed by atoms with Gasteiger partial charge < -0.3 is 14.8 Å². The van der Waals surface area contributed by atoms with Crippen molar-refractivity contribution in [3.63, 3.8) is 0 Å². The Balaban J connectivity index is 2.45. The minimum absolute atomic E-state index is 0.408. The first-order valence-electron chi connectivity index (χ1n) is 4.75. The maximum atomic E-state index is 9.48. The van der Waals surface area contributed by atoms with Crippen molar-refractivity contribution in [2.75, 3.05) is 0 Å². The molecular formula is C10H13BO3. The Kier molecular flexibility index (Phi) is 2.35. The van der Waals surface area contributed by atoms with Crippen LogP contribution in [0.25, 0.3) is 0 Å². The van der Waals surface area contributed by atoms with E-state index in [2.05, 4.69) is 13.8 Å². The van der Waals surface area contributed by atoms with Gasteiger partial charge in [0.1, 0.15) is 0 Å². The molecule has 1 aromatic carbocycles. The zero-order chi connectivity index (χ0) is 10.3. The van der Waals surface area contributed by atoms with E-state index in [1.165, 1.54) is 0 Å². The van der Waals surface area contributed by atoms with Crippen LogP contribution < -0.4 is 5.46 Å². The molecule has 1 unspecified atom stereocenters. The minimum atomic E-state index is -0.987. The van der Waals surface area contributed by atoms with Crippen LogP contribution in [0.5, 0.6) is 0 Å². The Bertz CT molecular complexity index is 351. The molecule has 0 amide bonds. The summed E-state index contributed by atoms with van der Waals surface area (Å²) in [6.07, 6.45) is -0.987. The first-order chi connectivity index (χ1) is 6.59. The molecule has 1 aromatic rings. The SMILES string of the molecule is CC(C)c1ccc2c(c1)C(O)OB2O. The highest BCUT2D eigenvalue weighted by Gasteiger charge is 2.33. The molecule has 0 bridgehead atoms. The van der Waals surface area contributed by atoms with Crippen molar-refractivity contribution in [2.45, 2.75) is 26.1 Å². The molecular weight excluding hydrogens is 179 g/mol. The van der Waals surface area contributed by atoms with Crippen molar-refractivity contribution < 1.29 is 14.8 Å². The molecule has 0 aromatic heterocycles. The summed E-state index contributed by atoms with van der Waals surface area (Å²) in [7, 11) is -0.985. The van der Waals surface area contributed by atoms with Crippen LogP contribution >= 0.6 is 0 Å². The fourth-order valence-electron chi connectivity index (χ4n) is 1.66. The first kappa shape index (κ1) is 9.71. The molecule has 2 N–H and O–H groups in total. The third-order valence-corrected chi connectivity index (χ3v) is 2.57. The standard InChI is InChI=1S/C10H13BO3/c1-6(2)7-3-4-9-8(5-7)10(12)14-11(9)13/h3-6,10,12-13H,1-2H3. The van der Waals surface area contributed by atoms with Gasteiger partial charge in [-0.25, -0.2) is 0 Å². The zero-order valence-corrected chi connectivity index (χ0v) is 8.27. The molecule has 0 spiro atoms. The molecule has 2 rings (SSSR count). The van der Waals surface area contributed by atoms with Crippen molar-refractivity contribution in [3.8, 4) is 0 Å². The second-order valence-electron chi connectivity index (χ2n) is 3.88. The van der Waals surface area contributed by atoms with E-state index in [1.807, 2.05) is 18.2 Å². The quantitative estimate of drug-likeness (QED) is 0.637. The molecule has 3 nitrogen and oxygen atoms in total. The molecule has 1 aliphatic rings. The fourth-order valence-corrected chi connectivity index (χ4v) is 1.66. The molecule has 1 atom stereocenters. The Morgan fingerprint density at radius 2 is 2.14 bits per heavy atom. The molecule has 74 valence electrons. The predicted molar refractivity (Wildman–Crippen MR) is 54.2 cm³/mol. The molecule has 4 heteroatoms. The predicted octanol–water partition coefficient (Wildman–Crippen LogP) is 0.519. The zero-order valence-electron chi connectivity index (χ0n) is 8.27. The van der Waals surface area contributed by atoms with Crippen LogP contribution in [-0.2, 0) is 4.65 Å².